The van der Waals surface area contributed by atoms with Gasteiger partial charge in [-0.2, -0.15) is 0 Å². The topological polar surface area (TPSA) is 40.0 Å². The Labute approximate surface area is 187 Å². The summed E-state index contributed by atoms with van der Waals surface area (Å²) in [5, 5.41) is 3.70. The summed E-state index contributed by atoms with van der Waals surface area (Å²) in [7, 11) is 0. The number of aliphatic imine (C=N–C) groups is 2. The molecule has 0 unspecified atom stereocenters. The summed E-state index contributed by atoms with van der Waals surface area (Å²) in [6.07, 6.45) is 3.89. The van der Waals surface area contributed by atoms with E-state index in [0.717, 1.165) is 18.4 Å². The standard InChI is InChI=1S/C20H27Cl3N4S/c1-18(2)10-14(11-19(3,4)26-18)27-12-24-16(25-17(27)20(21,22)23)13-6-8-15(28-5)9-7-13/h6-9,14,26H,10-12H2,1-5H3. The molecule has 0 spiro atoms. The Hall–Kier alpha value is -0.460. The quantitative estimate of drug-likeness (QED) is 0.477. The first kappa shape index (κ1) is 22.2. The highest BCUT2D eigenvalue weighted by atomic mass is 35.6. The van der Waals surface area contributed by atoms with Gasteiger partial charge in [0.15, 0.2) is 11.7 Å². The highest BCUT2D eigenvalue weighted by molar-refractivity contribution is 7.98. The van der Waals surface area contributed by atoms with Crippen molar-refractivity contribution in [2.45, 2.75) is 66.3 Å². The molecule has 1 aromatic carbocycles. The van der Waals surface area contributed by atoms with E-state index in [9.17, 15) is 0 Å². The third-order valence-corrected chi connectivity index (χ3v) is 6.32. The van der Waals surface area contributed by atoms with E-state index in [2.05, 4.69) is 50.0 Å². The maximum Gasteiger partial charge on any atom is 0.248 e. The first-order valence-corrected chi connectivity index (χ1v) is 11.7. The summed E-state index contributed by atoms with van der Waals surface area (Å²) in [5.41, 5.74) is 0.876. The minimum absolute atomic E-state index is 0.0250. The molecule has 0 amide bonds. The van der Waals surface area contributed by atoms with Gasteiger partial charge in [0.25, 0.3) is 0 Å². The Bertz CT molecular complexity index is 766. The van der Waals surface area contributed by atoms with Crippen LogP contribution in [0.3, 0.4) is 0 Å². The third-order valence-electron chi connectivity index (χ3n) is 5.07. The zero-order valence-electron chi connectivity index (χ0n) is 16.9. The lowest BCUT2D eigenvalue weighted by molar-refractivity contribution is 0.103. The number of rotatable bonds is 3. The minimum Gasteiger partial charge on any atom is -0.334 e. The number of alkyl halides is 3. The molecule has 1 saturated heterocycles. The first-order chi connectivity index (χ1) is 12.9. The molecule has 0 atom stereocenters. The Kier molecular flexibility index (Phi) is 6.35. The summed E-state index contributed by atoms with van der Waals surface area (Å²) >= 11 is 20.8. The van der Waals surface area contributed by atoms with E-state index in [0.29, 0.717) is 18.3 Å². The van der Waals surface area contributed by atoms with Gasteiger partial charge in [0.2, 0.25) is 3.79 Å². The van der Waals surface area contributed by atoms with Gasteiger partial charge in [-0.1, -0.05) is 46.9 Å². The van der Waals surface area contributed by atoms with Crippen molar-refractivity contribution in [2.75, 3.05) is 12.9 Å². The van der Waals surface area contributed by atoms with E-state index in [1.165, 1.54) is 4.90 Å². The molecule has 1 fully saturated rings. The fourth-order valence-electron chi connectivity index (χ4n) is 4.31. The van der Waals surface area contributed by atoms with Crippen LogP contribution in [0.1, 0.15) is 46.1 Å². The maximum absolute atomic E-state index is 6.35. The normalized spacial score (nSPS) is 22.6. The van der Waals surface area contributed by atoms with Crippen molar-refractivity contribution < 1.29 is 0 Å². The smallest absolute Gasteiger partial charge is 0.248 e. The van der Waals surface area contributed by atoms with Crippen molar-refractivity contribution in [2.24, 2.45) is 9.98 Å². The number of benzene rings is 1. The number of piperidine rings is 1. The second-order valence-corrected chi connectivity index (χ2v) is 11.9. The second kappa shape index (κ2) is 7.99. The summed E-state index contributed by atoms with van der Waals surface area (Å²) < 4.78 is -1.61. The van der Waals surface area contributed by atoms with E-state index in [1.807, 2.05) is 18.4 Å². The maximum atomic E-state index is 6.35. The molecular formula is C20H27Cl3N4S. The lowest BCUT2D eigenvalue weighted by Gasteiger charge is -2.50. The van der Waals surface area contributed by atoms with E-state index in [1.54, 1.807) is 11.8 Å². The Morgan fingerprint density at radius 1 is 1.07 bits per heavy atom. The molecule has 2 aliphatic rings. The molecule has 2 heterocycles. The number of hydrogen-bond donors (Lipinski definition) is 1. The summed E-state index contributed by atoms with van der Waals surface area (Å²) in [4.78, 5) is 12.7. The minimum atomic E-state index is -1.61. The highest BCUT2D eigenvalue weighted by Crippen LogP contribution is 2.37. The van der Waals surface area contributed by atoms with Crippen LogP contribution >= 0.6 is 46.6 Å². The van der Waals surface area contributed by atoms with Crippen LogP contribution in [-0.4, -0.2) is 50.4 Å². The molecule has 1 N–H and O–H groups in total. The molecule has 154 valence electrons. The molecule has 0 saturated carbocycles. The van der Waals surface area contributed by atoms with Crippen LogP contribution < -0.4 is 5.32 Å². The Morgan fingerprint density at radius 2 is 1.64 bits per heavy atom. The van der Waals surface area contributed by atoms with Gasteiger partial charge < -0.3 is 10.2 Å². The largest absolute Gasteiger partial charge is 0.334 e. The fourth-order valence-corrected chi connectivity index (χ4v) is 5.17. The first-order valence-electron chi connectivity index (χ1n) is 9.31. The number of hydrogen-bond acceptors (Lipinski definition) is 5. The number of amidine groups is 2. The highest BCUT2D eigenvalue weighted by Gasteiger charge is 2.44. The summed E-state index contributed by atoms with van der Waals surface area (Å²) in [6.45, 7) is 9.26. The molecule has 0 aliphatic carbocycles. The van der Waals surface area contributed by atoms with Crippen molar-refractivity contribution in [1.29, 1.82) is 0 Å². The predicted molar refractivity (Wildman–Crippen MR) is 124 cm³/mol. The van der Waals surface area contributed by atoms with Gasteiger partial charge in [0.1, 0.15) is 6.67 Å². The van der Waals surface area contributed by atoms with Gasteiger partial charge in [-0.25, -0.2) is 9.98 Å². The summed E-state index contributed by atoms with van der Waals surface area (Å²) in [5.74, 6) is 1.06. The average Bonchev–Trinajstić information content (AvgIpc) is 2.58. The van der Waals surface area contributed by atoms with Crippen LogP contribution in [-0.2, 0) is 0 Å². The lowest BCUT2D eigenvalue weighted by Crippen LogP contribution is -2.64. The zero-order chi connectivity index (χ0) is 20.7. The van der Waals surface area contributed by atoms with Crippen LogP contribution in [0.5, 0.6) is 0 Å². The summed E-state index contributed by atoms with van der Waals surface area (Å²) in [6, 6.07) is 8.31. The number of thioether (sulfide) groups is 1. The van der Waals surface area contributed by atoms with Gasteiger partial charge in [-0.05, 0) is 58.9 Å². The second-order valence-electron chi connectivity index (χ2n) is 8.71. The Balaban J connectivity index is 1.92. The van der Waals surface area contributed by atoms with Gasteiger partial charge in [0, 0.05) is 27.6 Å². The molecule has 4 nitrogen and oxygen atoms in total. The average molecular weight is 462 g/mol. The van der Waals surface area contributed by atoms with E-state index >= 15 is 0 Å². The van der Waals surface area contributed by atoms with E-state index in [4.69, 9.17) is 44.8 Å². The molecular weight excluding hydrogens is 435 g/mol. The van der Waals surface area contributed by atoms with Crippen molar-refractivity contribution in [3.63, 3.8) is 0 Å². The molecule has 1 aromatic rings. The molecule has 3 rings (SSSR count). The molecule has 0 aromatic heterocycles. The van der Waals surface area contributed by atoms with Gasteiger partial charge in [-0.15, -0.1) is 11.8 Å². The van der Waals surface area contributed by atoms with Crippen molar-refractivity contribution in [1.82, 2.24) is 10.2 Å². The third kappa shape index (κ3) is 5.17. The molecule has 2 aliphatic heterocycles. The number of halogens is 3. The van der Waals surface area contributed by atoms with Crippen LogP contribution in [0.2, 0.25) is 0 Å². The predicted octanol–water partition coefficient (Wildman–Crippen LogP) is 5.51. The van der Waals surface area contributed by atoms with Gasteiger partial charge in [-0.3, -0.25) is 0 Å². The molecule has 8 heteroatoms. The molecule has 0 bridgehead atoms. The van der Waals surface area contributed by atoms with Crippen LogP contribution in [0.25, 0.3) is 0 Å². The van der Waals surface area contributed by atoms with Crippen molar-refractivity contribution >= 4 is 58.2 Å². The molecule has 0 radical (unpaired) electrons. The van der Waals surface area contributed by atoms with E-state index in [-0.39, 0.29) is 17.1 Å². The zero-order valence-corrected chi connectivity index (χ0v) is 20.0. The van der Waals surface area contributed by atoms with Crippen molar-refractivity contribution in [3.8, 4) is 0 Å². The van der Waals surface area contributed by atoms with Gasteiger partial charge >= 0.3 is 0 Å². The molecule has 28 heavy (non-hydrogen) atoms. The fraction of sp³-hybridized carbons (Fsp3) is 0.600. The van der Waals surface area contributed by atoms with E-state index < -0.39 is 3.79 Å². The SMILES string of the molecule is CSc1ccc(C2=NCN(C3CC(C)(C)NC(C)(C)C3)C(C(Cl)(Cl)Cl)=N2)cc1. The van der Waals surface area contributed by atoms with Gasteiger partial charge in [0.05, 0.1) is 0 Å². The lowest BCUT2D eigenvalue weighted by atomic mass is 9.79. The number of nitrogens with one attached hydrogen (secondary N) is 1. The van der Waals surface area contributed by atoms with Crippen LogP contribution in [0.4, 0.5) is 0 Å². The van der Waals surface area contributed by atoms with Crippen LogP contribution in [0.15, 0.2) is 39.1 Å². The number of nitrogens with zero attached hydrogens (tertiary/aromatic N) is 3. The van der Waals surface area contributed by atoms with Crippen molar-refractivity contribution in [3.05, 3.63) is 29.8 Å². The Morgan fingerprint density at radius 3 is 2.14 bits per heavy atom. The monoisotopic (exact) mass is 460 g/mol. The van der Waals surface area contributed by atoms with Crippen LogP contribution in [0, 0.1) is 0 Å².